The van der Waals surface area contributed by atoms with Crippen molar-refractivity contribution in [1.29, 1.82) is 0 Å². The highest BCUT2D eigenvalue weighted by molar-refractivity contribution is 7.45. The van der Waals surface area contributed by atoms with Crippen molar-refractivity contribution in [3.63, 3.8) is 0 Å². The first-order chi connectivity index (χ1) is 35.4. The largest absolute Gasteiger partial charge is 0.756 e. The van der Waals surface area contributed by atoms with Crippen LogP contribution in [0.2, 0.25) is 0 Å². The lowest BCUT2D eigenvalue weighted by Crippen LogP contribution is -2.51. The molecule has 4 unspecified atom stereocenters. The van der Waals surface area contributed by atoms with E-state index in [4.69, 9.17) is 9.05 Å². The topological polar surface area (TPSA) is 128 Å². The second kappa shape index (κ2) is 51.8. The molecule has 9 nitrogen and oxygen atoms in total. The van der Waals surface area contributed by atoms with Crippen LogP contribution in [0.1, 0.15) is 187 Å². The predicted molar refractivity (Wildman–Crippen MR) is 312 cm³/mol. The van der Waals surface area contributed by atoms with Crippen molar-refractivity contribution in [3.8, 4) is 0 Å². The number of hydrogen-bond acceptors (Lipinski definition) is 7. The molecule has 10 heteroatoms. The standard InChI is InChI=1S/C63H105N2O7P/c1-6-8-10-12-14-16-18-20-21-22-23-24-25-26-27-28-29-30-31-32-33-34-35-36-37-38-39-40-41-42-43-44-46-48-50-52-54-56-62(67)64-60(59-72-73(69,70)71-58-57-65(3,4)5)63(68)61(66)55-53-51-49-47-45-19-17-15-13-11-9-7-2/h7-10,14-17,20-21,23-24,26-27,29-30,32-33,35-36,38-39,47,49,60-61,63,66,68H,6,11-13,18-19,22,25,28,31,34,37,40-46,48,50-59H2,1-5H3,(H-,64,67,69,70)/b9-7+,10-8-,16-14-,17-15+,21-20-,24-23-,27-26-,30-29-,33-32-,36-35-,39-38-,49-47+. The van der Waals surface area contributed by atoms with E-state index in [1.54, 1.807) is 0 Å². The summed E-state index contributed by atoms with van der Waals surface area (Å²) in [6, 6.07) is -1.11. The fourth-order valence-corrected chi connectivity index (χ4v) is 8.01. The minimum absolute atomic E-state index is 0.0593. The van der Waals surface area contributed by atoms with Gasteiger partial charge in [-0.1, -0.05) is 198 Å². The van der Waals surface area contributed by atoms with Crippen LogP contribution in [-0.4, -0.2) is 79.8 Å². The number of rotatable bonds is 49. The first-order valence-corrected chi connectivity index (χ1v) is 29.7. The molecule has 0 aliphatic rings. The molecule has 0 aromatic rings. The van der Waals surface area contributed by atoms with Crippen LogP contribution in [0.4, 0.5) is 0 Å². The van der Waals surface area contributed by atoms with Crippen molar-refractivity contribution in [2.24, 2.45) is 0 Å². The van der Waals surface area contributed by atoms with E-state index in [1.807, 2.05) is 28.1 Å². The minimum atomic E-state index is -4.70. The fourth-order valence-electron chi connectivity index (χ4n) is 7.28. The molecule has 0 bridgehead atoms. The van der Waals surface area contributed by atoms with Crippen molar-refractivity contribution in [2.75, 3.05) is 40.9 Å². The Bertz CT molecular complexity index is 1710. The van der Waals surface area contributed by atoms with Crippen LogP contribution >= 0.6 is 7.82 Å². The van der Waals surface area contributed by atoms with Crippen LogP contribution in [-0.2, 0) is 18.4 Å². The summed E-state index contributed by atoms with van der Waals surface area (Å²) in [5, 5.41) is 24.7. The average Bonchev–Trinajstić information content (AvgIpc) is 3.35. The van der Waals surface area contributed by atoms with Crippen LogP contribution in [0.3, 0.4) is 0 Å². The van der Waals surface area contributed by atoms with Gasteiger partial charge < -0.3 is 34.0 Å². The highest BCUT2D eigenvalue weighted by atomic mass is 31.2. The van der Waals surface area contributed by atoms with E-state index in [9.17, 15) is 24.5 Å². The van der Waals surface area contributed by atoms with Crippen molar-refractivity contribution >= 4 is 13.7 Å². The molecule has 0 spiro atoms. The number of phosphoric ester groups is 1. The molecule has 0 radical (unpaired) electrons. The number of quaternary nitrogens is 1. The van der Waals surface area contributed by atoms with E-state index in [2.05, 4.69) is 158 Å². The van der Waals surface area contributed by atoms with Gasteiger partial charge in [-0.3, -0.25) is 9.36 Å². The molecule has 0 aromatic carbocycles. The SMILES string of the molecule is C/C=C/CC/C=C/CC/C=C/CCCC(O)C(O)C(COP(=O)([O-])OCC[N+](C)(C)C)NC(=O)CCCCCCCCCCC/C=C\C/C=C\C/C=C\C/C=C\C/C=C\C/C=C\C/C=C\C/C=C\C/C=C\CC. The lowest BCUT2D eigenvalue weighted by atomic mass is 10.0. The molecule has 414 valence electrons. The van der Waals surface area contributed by atoms with Gasteiger partial charge in [0.2, 0.25) is 5.91 Å². The molecule has 0 rings (SSSR count). The minimum Gasteiger partial charge on any atom is -0.756 e. The first kappa shape index (κ1) is 69.3. The Hall–Kier alpha value is -3.66. The Morgan fingerprint density at radius 1 is 0.521 bits per heavy atom. The molecule has 0 aliphatic carbocycles. The number of hydrogen-bond donors (Lipinski definition) is 3. The summed E-state index contributed by atoms with van der Waals surface area (Å²) in [7, 11) is 1.06. The molecule has 0 heterocycles. The molecule has 0 aliphatic heterocycles. The molecule has 4 atom stereocenters. The van der Waals surface area contributed by atoms with Crippen molar-refractivity contribution in [1.82, 2.24) is 5.32 Å². The molecule has 3 N–H and O–H groups in total. The van der Waals surface area contributed by atoms with Crippen LogP contribution < -0.4 is 10.2 Å². The Morgan fingerprint density at radius 2 is 0.890 bits per heavy atom. The number of amides is 1. The van der Waals surface area contributed by atoms with Gasteiger partial charge in [0, 0.05) is 6.42 Å². The van der Waals surface area contributed by atoms with Gasteiger partial charge in [0.1, 0.15) is 19.3 Å². The van der Waals surface area contributed by atoms with Crippen LogP contribution in [0.5, 0.6) is 0 Å². The number of allylic oxidation sites excluding steroid dienone is 24. The summed E-state index contributed by atoms with van der Waals surface area (Å²) >= 11 is 0. The van der Waals surface area contributed by atoms with Gasteiger partial charge >= 0.3 is 0 Å². The van der Waals surface area contributed by atoms with E-state index >= 15 is 0 Å². The number of aliphatic hydroxyl groups is 2. The normalized spacial score (nSPS) is 15.5. The molecule has 0 saturated heterocycles. The number of nitrogens with zero attached hydrogens (tertiary/aromatic N) is 1. The fraction of sp³-hybridized carbons (Fsp3) is 0.603. The van der Waals surface area contributed by atoms with Gasteiger partial charge in [-0.2, -0.15) is 0 Å². The maximum absolute atomic E-state index is 13.0. The van der Waals surface area contributed by atoms with E-state index < -0.39 is 32.7 Å². The van der Waals surface area contributed by atoms with Gasteiger partial charge in [-0.05, 0) is 129 Å². The van der Waals surface area contributed by atoms with Crippen LogP contribution in [0.15, 0.2) is 146 Å². The average molecular weight is 1030 g/mol. The monoisotopic (exact) mass is 1030 g/mol. The summed E-state index contributed by atoms with van der Waals surface area (Å²) < 4.78 is 23.2. The Kier molecular flexibility index (Phi) is 49.2. The number of carbonyl (C=O) groups excluding carboxylic acids is 1. The highest BCUT2D eigenvalue weighted by Gasteiger charge is 2.29. The van der Waals surface area contributed by atoms with Gasteiger partial charge in [0.25, 0.3) is 7.82 Å². The summed E-state index contributed by atoms with van der Waals surface area (Å²) in [5.41, 5.74) is 0. The number of phosphoric acid groups is 1. The van der Waals surface area contributed by atoms with Crippen molar-refractivity contribution in [2.45, 2.75) is 205 Å². The zero-order chi connectivity index (χ0) is 53.6. The van der Waals surface area contributed by atoms with Crippen molar-refractivity contribution in [3.05, 3.63) is 146 Å². The summed E-state index contributed by atoms with van der Waals surface area (Å²) in [4.78, 5) is 25.5. The summed E-state index contributed by atoms with van der Waals surface area (Å²) in [6.07, 6.45) is 76.4. The third-order valence-electron chi connectivity index (χ3n) is 11.7. The summed E-state index contributed by atoms with van der Waals surface area (Å²) in [5.74, 6) is -0.309. The Morgan fingerprint density at radius 3 is 1.33 bits per heavy atom. The molecular weight excluding hydrogens is 928 g/mol. The second-order valence-corrected chi connectivity index (χ2v) is 21.1. The Labute approximate surface area is 447 Å². The number of aliphatic hydroxyl groups excluding tert-OH is 2. The predicted octanol–water partition coefficient (Wildman–Crippen LogP) is 15.6. The maximum atomic E-state index is 13.0. The van der Waals surface area contributed by atoms with Gasteiger partial charge in [-0.25, -0.2) is 0 Å². The van der Waals surface area contributed by atoms with Crippen molar-refractivity contribution < 1.29 is 38.0 Å². The third-order valence-corrected chi connectivity index (χ3v) is 12.7. The lowest BCUT2D eigenvalue weighted by molar-refractivity contribution is -0.870. The molecule has 0 fully saturated rings. The lowest BCUT2D eigenvalue weighted by Gasteiger charge is -2.31. The van der Waals surface area contributed by atoms with Crippen LogP contribution in [0.25, 0.3) is 0 Å². The maximum Gasteiger partial charge on any atom is 0.268 e. The van der Waals surface area contributed by atoms with E-state index in [0.717, 1.165) is 116 Å². The number of likely N-dealkylation sites (N-methyl/N-ethyl adjacent to an activating group) is 1. The zero-order valence-corrected chi connectivity index (χ0v) is 47.5. The van der Waals surface area contributed by atoms with Gasteiger partial charge in [0.05, 0.1) is 39.9 Å². The van der Waals surface area contributed by atoms with Crippen LogP contribution in [0, 0.1) is 0 Å². The first-order valence-electron chi connectivity index (χ1n) is 28.2. The number of nitrogens with one attached hydrogen (secondary N) is 1. The molecule has 0 saturated carbocycles. The molecular formula is C63H105N2O7P. The summed E-state index contributed by atoms with van der Waals surface area (Å²) in [6.45, 7) is 4.05. The third kappa shape index (κ3) is 53.0. The van der Waals surface area contributed by atoms with E-state index in [-0.39, 0.29) is 18.9 Å². The Balaban J connectivity index is 4.22. The molecule has 73 heavy (non-hydrogen) atoms. The van der Waals surface area contributed by atoms with E-state index in [1.165, 1.54) is 32.1 Å². The zero-order valence-electron chi connectivity index (χ0n) is 46.6. The number of unbranched alkanes of at least 4 members (excludes halogenated alkanes) is 12. The molecule has 0 aromatic heterocycles. The highest BCUT2D eigenvalue weighted by Crippen LogP contribution is 2.38. The quantitative estimate of drug-likeness (QED) is 0.0240. The second-order valence-electron chi connectivity index (χ2n) is 19.7. The number of carbonyl (C=O) groups is 1. The smallest absolute Gasteiger partial charge is 0.268 e. The van der Waals surface area contributed by atoms with E-state index in [0.29, 0.717) is 30.3 Å². The van der Waals surface area contributed by atoms with Gasteiger partial charge in [-0.15, -0.1) is 0 Å². The van der Waals surface area contributed by atoms with Gasteiger partial charge in [0.15, 0.2) is 0 Å². The molecule has 1 amide bonds.